The molecule has 0 radical (unpaired) electrons. The average Bonchev–Trinajstić information content (AvgIpc) is 2.98. The Hall–Kier alpha value is -4.62. The molecular formula is C33H32N4O3. The second kappa shape index (κ2) is 12.5. The molecule has 0 aliphatic rings. The third-order valence-electron chi connectivity index (χ3n) is 7.05. The number of hydrogen-bond donors (Lipinski definition) is 0. The van der Waals surface area contributed by atoms with Gasteiger partial charge in [0.25, 0.3) is 0 Å². The van der Waals surface area contributed by atoms with Crippen molar-refractivity contribution in [1.29, 1.82) is 0 Å². The first-order valence-electron chi connectivity index (χ1n) is 13.5. The van der Waals surface area contributed by atoms with Crippen molar-refractivity contribution in [1.82, 2.24) is 14.9 Å². The molecule has 3 aromatic heterocycles. The van der Waals surface area contributed by atoms with Crippen molar-refractivity contribution in [2.75, 3.05) is 18.0 Å². The van der Waals surface area contributed by atoms with Crippen molar-refractivity contribution in [3.63, 3.8) is 0 Å². The average molecular weight is 533 g/mol. The van der Waals surface area contributed by atoms with E-state index >= 15 is 0 Å². The molecule has 202 valence electrons. The van der Waals surface area contributed by atoms with Crippen molar-refractivity contribution >= 4 is 22.9 Å². The smallest absolute Gasteiger partial charge is 0.347 e. The molecule has 0 spiro atoms. The van der Waals surface area contributed by atoms with Gasteiger partial charge in [-0.15, -0.1) is 0 Å². The van der Waals surface area contributed by atoms with E-state index in [9.17, 15) is 9.59 Å². The topological polar surface area (TPSA) is 79.5 Å². The minimum Gasteiger partial charge on any atom is -0.422 e. The Morgan fingerprint density at radius 2 is 1.45 bits per heavy atom. The Morgan fingerprint density at radius 1 is 0.800 bits per heavy atom. The van der Waals surface area contributed by atoms with Gasteiger partial charge >= 0.3 is 5.63 Å². The van der Waals surface area contributed by atoms with Crippen LogP contribution in [0.5, 0.6) is 0 Å². The molecule has 0 saturated carbocycles. The number of aromatic nitrogens is 2. The molecule has 0 unspecified atom stereocenters. The molecule has 0 aliphatic heterocycles. The van der Waals surface area contributed by atoms with Crippen molar-refractivity contribution in [2.24, 2.45) is 0 Å². The van der Waals surface area contributed by atoms with E-state index in [2.05, 4.69) is 33.6 Å². The number of hydrogen-bond acceptors (Lipinski definition) is 7. The maximum absolute atomic E-state index is 12.8. The minimum atomic E-state index is -0.629. The van der Waals surface area contributed by atoms with Gasteiger partial charge in [-0.1, -0.05) is 36.4 Å². The molecule has 7 nitrogen and oxygen atoms in total. The van der Waals surface area contributed by atoms with Crippen LogP contribution in [-0.2, 0) is 19.6 Å². The maximum atomic E-state index is 12.8. The van der Waals surface area contributed by atoms with Crippen molar-refractivity contribution in [2.45, 2.75) is 33.5 Å². The highest BCUT2D eigenvalue weighted by Gasteiger charge is 2.18. The lowest BCUT2D eigenvalue weighted by molar-refractivity contribution is 0.112. The predicted octanol–water partition coefficient (Wildman–Crippen LogP) is 6.11. The summed E-state index contributed by atoms with van der Waals surface area (Å²) in [7, 11) is 0. The van der Waals surface area contributed by atoms with Crippen molar-refractivity contribution < 1.29 is 9.21 Å². The molecular weight excluding hydrogens is 500 g/mol. The van der Waals surface area contributed by atoms with Crippen LogP contribution < -0.4 is 10.5 Å². The zero-order valence-corrected chi connectivity index (χ0v) is 22.8. The quantitative estimate of drug-likeness (QED) is 0.150. The van der Waals surface area contributed by atoms with Gasteiger partial charge in [0.1, 0.15) is 11.1 Å². The van der Waals surface area contributed by atoms with Crippen molar-refractivity contribution in [3.05, 3.63) is 124 Å². The van der Waals surface area contributed by atoms with Crippen molar-refractivity contribution in [3.8, 4) is 11.1 Å². The Morgan fingerprint density at radius 3 is 2.00 bits per heavy atom. The number of carbonyl (C=O) groups excluding carboxylic acids is 1. The van der Waals surface area contributed by atoms with Gasteiger partial charge in [-0.05, 0) is 61.4 Å². The minimum absolute atomic E-state index is 0.0303. The number of fused-ring (bicyclic) bond motifs is 1. The van der Waals surface area contributed by atoms with E-state index in [1.807, 2.05) is 78.9 Å². The number of pyridine rings is 2. The van der Waals surface area contributed by atoms with Gasteiger partial charge in [-0.3, -0.25) is 19.7 Å². The lowest BCUT2D eigenvalue weighted by Crippen LogP contribution is -2.23. The molecule has 5 rings (SSSR count). The second-order valence-corrected chi connectivity index (χ2v) is 9.63. The van der Waals surface area contributed by atoms with Gasteiger partial charge in [-0.25, -0.2) is 4.79 Å². The fourth-order valence-electron chi connectivity index (χ4n) is 5.05. The van der Waals surface area contributed by atoms with Crippen LogP contribution in [0.15, 0.2) is 100 Å². The predicted molar refractivity (Wildman–Crippen MR) is 158 cm³/mol. The fraction of sp³-hybridized carbons (Fsp3) is 0.212. The molecule has 0 atom stereocenters. The number of carbonyl (C=O) groups is 1. The first-order valence-corrected chi connectivity index (χ1v) is 13.5. The summed E-state index contributed by atoms with van der Waals surface area (Å²) < 4.78 is 5.58. The van der Waals surface area contributed by atoms with Crippen LogP contribution in [0.25, 0.3) is 22.1 Å². The largest absolute Gasteiger partial charge is 0.422 e. The molecule has 3 heterocycles. The van der Waals surface area contributed by atoms with Crippen LogP contribution >= 0.6 is 0 Å². The SMILES string of the molecule is CCN(CC)c1ccc2c(-c3ccc(CN(Cc4ccccn4)Cc4ccccn4)cc3)c(C=O)c(=O)oc2c1. The van der Waals surface area contributed by atoms with Gasteiger partial charge in [0.15, 0.2) is 6.29 Å². The molecule has 0 fully saturated rings. The zero-order valence-electron chi connectivity index (χ0n) is 22.8. The van der Waals surface area contributed by atoms with Gasteiger partial charge in [0, 0.05) is 67.8 Å². The third-order valence-corrected chi connectivity index (χ3v) is 7.05. The lowest BCUT2D eigenvalue weighted by atomic mass is 9.96. The van der Waals surface area contributed by atoms with Crippen LogP contribution in [0.3, 0.4) is 0 Å². The van der Waals surface area contributed by atoms with E-state index in [0.29, 0.717) is 37.1 Å². The fourth-order valence-corrected chi connectivity index (χ4v) is 5.05. The third kappa shape index (κ3) is 6.00. The van der Waals surface area contributed by atoms with Gasteiger partial charge < -0.3 is 9.32 Å². The van der Waals surface area contributed by atoms with Crippen LogP contribution in [-0.4, -0.2) is 34.2 Å². The molecule has 7 heteroatoms. The zero-order chi connectivity index (χ0) is 27.9. The number of aldehydes is 1. The molecule has 0 amide bonds. The highest BCUT2D eigenvalue weighted by Crippen LogP contribution is 2.32. The van der Waals surface area contributed by atoms with E-state index < -0.39 is 5.63 Å². The Balaban J connectivity index is 1.47. The molecule has 5 aromatic rings. The normalized spacial score (nSPS) is 11.2. The van der Waals surface area contributed by atoms with Crippen LogP contribution in [0, 0.1) is 0 Å². The lowest BCUT2D eigenvalue weighted by Gasteiger charge is -2.22. The van der Waals surface area contributed by atoms with E-state index in [1.165, 1.54) is 0 Å². The van der Waals surface area contributed by atoms with Gasteiger partial charge in [0.05, 0.1) is 11.4 Å². The van der Waals surface area contributed by atoms with E-state index in [1.54, 1.807) is 12.4 Å². The summed E-state index contributed by atoms with van der Waals surface area (Å²) in [4.78, 5) is 38.3. The molecule has 0 aliphatic carbocycles. The standard InChI is InChI=1S/C33H32N4O3/c1-3-37(4-2)28-15-16-29-31(19-28)40-33(39)30(23-38)32(29)25-13-11-24(12-14-25)20-36(21-26-9-5-7-17-34-26)22-27-10-6-8-18-35-27/h5-19,23H,3-4,20-22H2,1-2H3. The van der Waals surface area contributed by atoms with Gasteiger partial charge in [0.2, 0.25) is 0 Å². The van der Waals surface area contributed by atoms with Crippen LogP contribution in [0.1, 0.15) is 41.2 Å². The van der Waals surface area contributed by atoms with Crippen LogP contribution in [0.4, 0.5) is 5.69 Å². The summed E-state index contributed by atoms with van der Waals surface area (Å²) in [6.07, 6.45) is 4.20. The van der Waals surface area contributed by atoms with E-state index in [0.717, 1.165) is 46.7 Å². The number of rotatable bonds is 11. The molecule has 0 saturated heterocycles. The van der Waals surface area contributed by atoms with Crippen LogP contribution in [0.2, 0.25) is 0 Å². The maximum Gasteiger partial charge on any atom is 0.347 e. The number of anilines is 1. The summed E-state index contributed by atoms with van der Waals surface area (Å²) in [5.74, 6) is 0. The van der Waals surface area contributed by atoms with E-state index in [-0.39, 0.29) is 5.56 Å². The second-order valence-electron chi connectivity index (χ2n) is 9.63. The molecule has 40 heavy (non-hydrogen) atoms. The van der Waals surface area contributed by atoms with E-state index in [4.69, 9.17) is 4.42 Å². The number of benzene rings is 2. The molecule has 0 N–H and O–H groups in total. The first kappa shape index (κ1) is 27.0. The number of nitrogens with zero attached hydrogens (tertiary/aromatic N) is 4. The Kier molecular flexibility index (Phi) is 8.42. The summed E-state index contributed by atoms with van der Waals surface area (Å²) >= 11 is 0. The molecule has 2 aromatic carbocycles. The highest BCUT2D eigenvalue weighted by molar-refractivity contribution is 6.02. The Bertz CT molecular complexity index is 1590. The summed E-state index contributed by atoms with van der Waals surface area (Å²) in [6, 6.07) is 25.7. The Labute approximate surface area is 233 Å². The highest BCUT2D eigenvalue weighted by atomic mass is 16.4. The van der Waals surface area contributed by atoms with Gasteiger partial charge in [-0.2, -0.15) is 0 Å². The summed E-state index contributed by atoms with van der Waals surface area (Å²) in [6.45, 7) is 7.87. The molecule has 0 bridgehead atoms. The monoisotopic (exact) mass is 532 g/mol. The summed E-state index contributed by atoms with van der Waals surface area (Å²) in [5, 5.41) is 0.734. The first-order chi connectivity index (χ1) is 19.6. The summed E-state index contributed by atoms with van der Waals surface area (Å²) in [5.41, 5.74) is 5.29.